The van der Waals surface area contributed by atoms with E-state index in [1.807, 2.05) is 32.0 Å². The number of methoxy groups -OCH3 is 1. The van der Waals surface area contributed by atoms with E-state index in [0.717, 1.165) is 42.5 Å². The number of anilines is 1. The van der Waals surface area contributed by atoms with Crippen LogP contribution in [0.3, 0.4) is 0 Å². The molecule has 8 nitrogen and oxygen atoms in total. The van der Waals surface area contributed by atoms with E-state index < -0.39 is 0 Å². The van der Waals surface area contributed by atoms with Crippen molar-refractivity contribution < 1.29 is 19.1 Å². The first kappa shape index (κ1) is 23.2. The van der Waals surface area contributed by atoms with Gasteiger partial charge in [0.05, 0.1) is 12.7 Å². The second-order valence-corrected chi connectivity index (χ2v) is 8.40. The zero-order chi connectivity index (χ0) is 24.1. The smallest absolute Gasteiger partial charge is 0.322 e. The first-order valence-electron chi connectivity index (χ1n) is 11.3. The first-order valence-corrected chi connectivity index (χ1v) is 11.3. The van der Waals surface area contributed by atoms with Gasteiger partial charge in [0.15, 0.2) is 11.5 Å². The molecule has 0 bridgehead atoms. The van der Waals surface area contributed by atoms with Crippen LogP contribution in [-0.2, 0) is 0 Å². The number of hydrogen-bond donors (Lipinski definition) is 2. The predicted molar refractivity (Wildman–Crippen MR) is 129 cm³/mol. The molecular weight excluding hydrogens is 432 g/mol. The molecule has 0 radical (unpaired) electrons. The van der Waals surface area contributed by atoms with Gasteiger partial charge in [-0.05, 0) is 56.0 Å². The number of para-hydroxylation sites is 1. The summed E-state index contributed by atoms with van der Waals surface area (Å²) in [4.78, 5) is 33.5. The molecule has 1 aromatic heterocycles. The molecule has 34 heavy (non-hydrogen) atoms. The second-order valence-electron chi connectivity index (χ2n) is 8.40. The van der Waals surface area contributed by atoms with Crippen molar-refractivity contribution in [2.45, 2.75) is 45.6 Å². The van der Waals surface area contributed by atoms with Gasteiger partial charge >= 0.3 is 6.01 Å². The van der Waals surface area contributed by atoms with Gasteiger partial charge in [0.25, 0.3) is 11.8 Å². The Balaban J connectivity index is 1.43. The lowest BCUT2D eigenvalue weighted by molar-refractivity contribution is 0.0936. The number of nitrogens with zero attached hydrogens (tertiary/aromatic N) is 2. The maximum Gasteiger partial charge on any atom is 0.322 e. The molecule has 2 amide bonds. The van der Waals surface area contributed by atoms with Crippen LogP contribution in [0.25, 0.3) is 0 Å². The molecule has 2 N–H and O–H groups in total. The lowest BCUT2D eigenvalue weighted by Crippen LogP contribution is -2.32. The SMILES string of the molecule is COc1cc(C(=O)NC2CCCC2)ccc1Oc1ncc(C(=O)Nc2c(C)cccc2C)cn1. The maximum atomic E-state index is 12.6. The monoisotopic (exact) mass is 460 g/mol. The number of amides is 2. The fourth-order valence-corrected chi connectivity index (χ4v) is 4.01. The van der Waals surface area contributed by atoms with Gasteiger partial charge in [-0.1, -0.05) is 31.0 Å². The molecule has 0 aliphatic heterocycles. The quantitative estimate of drug-likeness (QED) is 0.524. The lowest BCUT2D eigenvalue weighted by atomic mass is 10.1. The number of rotatable bonds is 7. The van der Waals surface area contributed by atoms with Gasteiger partial charge in [0.1, 0.15) is 0 Å². The Labute approximate surface area is 198 Å². The average Bonchev–Trinajstić information content (AvgIpc) is 3.35. The first-order chi connectivity index (χ1) is 16.4. The Morgan fingerprint density at radius 3 is 2.24 bits per heavy atom. The maximum absolute atomic E-state index is 12.6. The van der Waals surface area contributed by atoms with Crippen LogP contribution in [-0.4, -0.2) is 34.9 Å². The van der Waals surface area contributed by atoms with E-state index in [1.165, 1.54) is 19.5 Å². The molecule has 0 saturated heterocycles. The number of hydrogen-bond acceptors (Lipinski definition) is 6. The third-order valence-electron chi connectivity index (χ3n) is 5.93. The minimum Gasteiger partial charge on any atom is -0.493 e. The van der Waals surface area contributed by atoms with Crippen molar-refractivity contribution >= 4 is 17.5 Å². The predicted octanol–water partition coefficient (Wildman–Crippen LogP) is 4.82. The van der Waals surface area contributed by atoms with Crippen molar-refractivity contribution in [3.8, 4) is 17.5 Å². The van der Waals surface area contributed by atoms with E-state index >= 15 is 0 Å². The fourth-order valence-electron chi connectivity index (χ4n) is 4.01. The number of aromatic nitrogens is 2. The minimum absolute atomic E-state index is 0.0603. The lowest BCUT2D eigenvalue weighted by Gasteiger charge is -2.14. The highest BCUT2D eigenvalue weighted by molar-refractivity contribution is 6.04. The van der Waals surface area contributed by atoms with Gasteiger partial charge in [0, 0.05) is 29.7 Å². The fraction of sp³-hybridized carbons (Fsp3) is 0.308. The number of benzene rings is 2. The summed E-state index contributed by atoms with van der Waals surface area (Å²) in [7, 11) is 1.50. The summed E-state index contributed by atoms with van der Waals surface area (Å²) < 4.78 is 11.2. The van der Waals surface area contributed by atoms with Crippen LogP contribution in [0.15, 0.2) is 48.8 Å². The van der Waals surface area contributed by atoms with Crippen LogP contribution in [0.5, 0.6) is 17.5 Å². The Bertz CT molecular complexity index is 1170. The largest absolute Gasteiger partial charge is 0.493 e. The van der Waals surface area contributed by atoms with Gasteiger partial charge in [-0.15, -0.1) is 0 Å². The molecule has 0 atom stereocenters. The summed E-state index contributed by atoms with van der Waals surface area (Å²) in [5, 5.41) is 5.97. The molecular formula is C26H28N4O4. The van der Waals surface area contributed by atoms with E-state index in [0.29, 0.717) is 22.6 Å². The molecule has 1 aliphatic carbocycles. The third-order valence-corrected chi connectivity index (χ3v) is 5.93. The summed E-state index contributed by atoms with van der Waals surface area (Å²) in [5.41, 5.74) is 3.52. The summed E-state index contributed by atoms with van der Waals surface area (Å²) in [6.07, 6.45) is 7.13. The van der Waals surface area contributed by atoms with E-state index in [-0.39, 0.29) is 23.9 Å². The molecule has 176 valence electrons. The van der Waals surface area contributed by atoms with Crippen LogP contribution in [0.1, 0.15) is 57.5 Å². The highest BCUT2D eigenvalue weighted by Crippen LogP contribution is 2.31. The van der Waals surface area contributed by atoms with Crippen LogP contribution >= 0.6 is 0 Å². The molecule has 1 aliphatic rings. The summed E-state index contributed by atoms with van der Waals surface area (Å²) >= 11 is 0. The van der Waals surface area contributed by atoms with Crippen molar-refractivity contribution in [3.63, 3.8) is 0 Å². The second kappa shape index (κ2) is 10.3. The molecule has 8 heteroatoms. The normalized spacial score (nSPS) is 13.4. The Morgan fingerprint density at radius 1 is 0.912 bits per heavy atom. The van der Waals surface area contributed by atoms with Crippen molar-refractivity contribution in [1.82, 2.24) is 15.3 Å². The molecule has 0 spiro atoms. The van der Waals surface area contributed by atoms with Crippen LogP contribution in [0.2, 0.25) is 0 Å². The highest BCUT2D eigenvalue weighted by atomic mass is 16.5. The van der Waals surface area contributed by atoms with Gasteiger partial charge < -0.3 is 20.1 Å². The molecule has 0 unspecified atom stereocenters. The Morgan fingerprint density at radius 2 is 1.59 bits per heavy atom. The number of carbonyl (C=O) groups is 2. The van der Waals surface area contributed by atoms with Crippen LogP contribution < -0.4 is 20.1 Å². The molecule has 1 fully saturated rings. The molecule has 2 aromatic carbocycles. The van der Waals surface area contributed by atoms with Gasteiger partial charge in [0.2, 0.25) is 0 Å². The molecule has 3 aromatic rings. The molecule has 1 saturated carbocycles. The van der Waals surface area contributed by atoms with Crippen LogP contribution in [0, 0.1) is 13.8 Å². The number of ether oxygens (including phenoxy) is 2. The number of nitrogens with one attached hydrogen (secondary N) is 2. The van der Waals surface area contributed by atoms with E-state index in [2.05, 4.69) is 20.6 Å². The average molecular weight is 461 g/mol. The third kappa shape index (κ3) is 5.33. The van der Waals surface area contributed by atoms with E-state index in [4.69, 9.17) is 9.47 Å². The summed E-state index contributed by atoms with van der Waals surface area (Å²) in [5.74, 6) is 0.318. The van der Waals surface area contributed by atoms with Crippen LogP contribution in [0.4, 0.5) is 5.69 Å². The van der Waals surface area contributed by atoms with E-state index in [1.54, 1.807) is 18.2 Å². The Hall–Kier alpha value is -3.94. The topological polar surface area (TPSA) is 102 Å². The number of aryl methyl sites for hydroxylation is 2. The standard InChI is InChI=1S/C26H28N4O4/c1-16-7-6-8-17(2)23(16)30-25(32)19-14-27-26(28-15-19)34-21-12-11-18(13-22(21)33-3)24(31)29-20-9-4-5-10-20/h6-8,11-15,20H,4-5,9-10H2,1-3H3,(H,29,31)(H,30,32). The highest BCUT2D eigenvalue weighted by Gasteiger charge is 2.19. The molecule has 1 heterocycles. The van der Waals surface area contributed by atoms with Gasteiger partial charge in [-0.25, -0.2) is 9.97 Å². The Kier molecular flexibility index (Phi) is 7.06. The number of carbonyl (C=O) groups excluding carboxylic acids is 2. The molecule has 4 rings (SSSR count). The summed E-state index contributed by atoms with van der Waals surface area (Å²) in [6.45, 7) is 3.88. The van der Waals surface area contributed by atoms with Gasteiger partial charge in [-0.3, -0.25) is 9.59 Å². The zero-order valence-corrected chi connectivity index (χ0v) is 19.6. The summed E-state index contributed by atoms with van der Waals surface area (Å²) in [6, 6.07) is 11.1. The van der Waals surface area contributed by atoms with E-state index in [9.17, 15) is 9.59 Å². The van der Waals surface area contributed by atoms with Crippen molar-refractivity contribution in [2.24, 2.45) is 0 Å². The zero-order valence-electron chi connectivity index (χ0n) is 19.6. The van der Waals surface area contributed by atoms with Crippen molar-refractivity contribution in [2.75, 3.05) is 12.4 Å². The van der Waals surface area contributed by atoms with Crippen molar-refractivity contribution in [3.05, 3.63) is 71.0 Å². The van der Waals surface area contributed by atoms with Gasteiger partial charge in [-0.2, -0.15) is 0 Å². The minimum atomic E-state index is -0.306. The van der Waals surface area contributed by atoms with Crippen molar-refractivity contribution in [1.29, 1.82) is 0 Å².